The number of hydrogen-bond acceptors (Lipinski definition) is 3. The van der Waals surface area contributed by atoms with Crippen LogP contribution in [0.2, 0.25) is 0 Å². The number of amides is 1. The van der Waals surface area contributed by atoms with Crippen LogP contribution in [0.1, 0.15) is 35.3 Å². The van der Waals surface area contributed by atoms with Crippen LogP contribution in [-0.4, -0.2) is 43.1 Å². The second-order valence-electron chi connectivity index (χ2n) is 5.57. The molecule has 1 aromatic rings. The summed E-state index contributed by atoms with van der Waals surface area (Å²) < 4.78 is 5.77. The number of hydrogen-bond donors (Lipinski definition) is 1. The van der Waals surface area contributed by atoms with Crippen LogP contribution >= 0.6 is 0 Å². The molecule has 0 radical (unpaired) electrons. The van der Waals surface area contributed by atoms with Gasteiger partial charge in [-0.3, -0.25) is 4.79 Å². The highest BCUT2D eigenvalue weighted by molar-refractivity contribution is 5.96. The SMILES string of the molecule is Cc1c(OC(C)C)ccc(C(=O)N2CCNCC2)c1C. The minimum absolute atomic E-state index is 0.128. The highest BCUT2D eigenvalue weighted by atomic mass is 16.5. The maximum Gasteiger partial charge on any atom is 0.254 e. The van der Waals surface area contributed by atoms with Crippen LogP contribution in [0.5, 0.6) is 5.75 Å². The minimum Gasteiger partial charge on any atom is -0.491 e. The fourth-order valence-corrected chi connectivity index (χ4v) is 2.45. The third kappa shape index (κ3) is 3.12. The fraction of sp³-hybridized carbons (Fsp3) is 0.562. The van der Waals surface area contributed by atoms with E-state index in [1.165, 1.54) is 0 Å². The molecule has 0 spiro atoms. The van der Waals surface area contributed by atoms with Crippen molar-refractivity contribution >= 4 is 5.91 Å². The van der Waals surface area contributed by atoms with E-state index >= 15 is 0 Å². The maximum absolute atomic E-state index is 12.6. The summed E-state index contributed by atoms with van der Waals surface area (Å²) in [6, 6.07) is 3.81. The average Bonchev–Trinajstić information content (AvgIpc) is 2.44. The topological polar surface area (TPSA) is 41.6 Å². The molecule has 1 N–H and O–H groups in total. The second kappa shape index (κ2) is 6.27. The zero-order valence-electron chi connectivity index (χ0n) is 12.8. The molecule has 1 aliphatic heterocycles. The Hall–Kier alpha value is -1.55. The van der Waals surface area contributed by atoms with Crippen molar-refractivity contribution in [3.05, 3.63) is 28.8 Å². The lowest BCUT2D eigenvalue weighted by atomic mass is 10.0. The summed E-state index contributed by atoms with van der Waals surface area (Å²) >= 11 is 0. The molecule has 1 heterocycles. The lowest BCUT2D eigenvalue weighted by molar-refractivity contribution is 0.0735. The smallest absolute Gasteiger partial charge is 0.254 e. The molecule has 0 aliphatic carbocycles. The minimum atomic E-state index is 0.128. The number of carbonyl (C=O) groups is 1. The molecular weight excluding hydrogens is 252 g/mol. The van der Waals surface area contributed by atoms with Crippen molar-refractivity contribution < 1.29 is 9.53 Å². The molecule has 0 aromatic heterocycles. The van der Waals surface area contributed by atoms with Gasteiger partial charge >= 0.3 is 0 Å². The first-order chi connectivity index (χ1) is 9.50. The Kier molecular flexibility index (Phi) is 4.65. The van der Waals surface area contributed by atoms with Crippen molar-refractivity contribution in [3.8, 4) is 5.75 Å². The highest BCUT2D eigenvalue weighted by Gasteiger charge is 2.21. The molecule has 1 saturated heterocycles. The van der Waals surface area contributed by atoms with Crippen LogP contribution < -0.4 is 10.1 Å². The largest absolute Gasteiger partial charge is 0.491 e. The van der Waals surface area contributed by atoms with Gasteiger partial charge in [-0.2, -0.15) is 0 Å². The van der Waals surface area contributed by atoms with E-state index in [0.29, 0.717) is 0 Å². The van der Waals surface area contributed by atoms with Crippen molar-refractivity contribution in [2.24, 2.45) is 0 Å². The van der Waals surface area contributed by atoms with Gasteiger partial charge in [0.1, 0.15) is 5.75 Å². The van der Waals surface area contributed by atoms with Crippen LogP contribution in [0, 0.1) is 13.8 Å². The van der Waals surface area contributed by atoms with Crippen molar-refractivity contribution in [3.63, 3.8) is 0 Å². The van der Waals surface area contributed by atoms with E-state index < -0.39 is 0 Å². The molecule has 20 heavy (non-hydrogen) atoms. The highest BCUT2D eigenvalue weighted by Crippen LogP contribution is 2.26. The van der Waals surface area contributed by atoms with E-state index in [1.54, 1.807) is 0 Å². The van der Waals surface area contributed by atoms with Gasteiger partial charge in [-0.05, 0) is 51.0 Å². The Morgan fingerprint density at radius 1 is 1.20 bits per heavy atom. The van der Waals surface area contributed by atoms with Gasteiger partial charge in [-0.15, -0.1) is 0 Å². The molecule has 4 nitrogen and oxygen atoms in total. The summed E-state index contributed by atoms with van der Waals surface area (Å²) in [6.07, 6.45) is 0.142. The summed E-state index contributed by atoms with van der Waals surface area (Å²) in [5.41, 5.74) is 2.87. The van der Waals surface area contributed by atoms with Crippen molar-refractivity contribution in [1.82, 2.24) is 10.2 Å². The number of benzene rings is 1. The molecule has 0 unspecified atom stereocenters. The molecule has 1 aliphatic rings. The van der Waals surface area contributed by atoms with Crippen LogP contribution in [0.25, 0.3) is 0 Å². The van der Waals surface area contributed by atoms with Gasteiger partial charge in [0.15, 0.2) is 0 Å². The summed E-state index contributed by atoms with van der Waals surface area (Å²) in [4.78, 5) is 14.5. The number of rotatable bonds is 3. The Balaban J connectivity index is 2.24. The lowest BCUT2D eigenvalue weighted by Gasteiger charge is -2.28. The van der Waals surface area contributed by atoms with Gasteiger partial charge in [-0.1, -0.05) is 0 Å². The van der Waals surface area contributed by atoms with E-state index in [-0.39, 0.29) is 12.0 Å². The first-order valence-corrected chi connectivity index (χ1v) is 7.27. The van der Waals surface area contributed by atoms with Crippen LogP contribution in [0.4, 0.5) is 0 Å². The molecule has 1 amide bonds. The Labute approximate surface area is 121 Å². The molecule has 0 saturated carbocycles. The zero-order chi connectivity index (χ0) is 14.7. The quantitative estimate of drug-likeness (QED) is 0.919. The monoisotopic (exact) mass is 276 g/mol. The van der Waals surface area contributed by atoms with Crippen molar-refractivity contribution in [1.29, 1.82) is 0 Å². The van der Waals surface area contributed by atoms with Gasteiger partial charge in [0.2, 0.25) is 0 Å². The average molecular weight is 276 g/mol. The van der Waals surface area contributed by atoms with E-state index in [4.69, 9.17) is 4.74 Å². The Bertz CT molecular complexity index is 491. The number of nitrogens with one attached hydrogen (secondary N) is 1. The second-order valence-corrected chi connectivity index (χ2v) is 5.57. The van der Waals surface area contributed by atoms with E-state index in [1.807, 2.05) is 44.7 Å². The molecular formula is C16H24N2O2. The maximum atomic E-state index is 12.6. The molecule has 0 atom stereocenters. The van der Waals surface area contributed by atoms with Gasteiger partial charge < -0.3 is 15.0 Å². The zero-order valence-corrected chi connectivity index (χ0v) is 12.8. The number of nitrogens with zero attached hydrogens (tertiary/aromatic N) is 1. The predicted octanol–water partition coefficient (Wildman–Crippen LogP) is 2.14. The molecule has 110 valence electrons. The third-order valence-corrected chi connectivity index (χ3v) is 3.73. The normalized spacial score (nSPS) is 15.6. The van der Waals surface area contributed by atoms with E-state index in [2.05, 4.69) is 5.32 Å². The van der Waals surface area contributed by atoms with Gasteiger partial charge in [0, 0.05) is 31.7 Å². The lowest BCUT2D eigenvalue weighted by Crippen LogP contribution is -2.46. The van der Waals surface area contributed by atoms with Crippen LogP contribution in [-0.2, 0) is 0 Å². The summed E-state index contributed by atoms with van der Waals surface area (Å²) in [7, 11) is 0. The molecule has 1 fully saturated rings. The van der Waals surface area contributed by atoms with Crippen molar-refractivity contribution in [2.45, 2.75) is 33.8 Å². The Morgan fingerprint density at radius 2 is 1.85 bits per heavy atom. The van der Waals surface area contributed by atoms with E-state index in [9.17, 15) is 4.79 Å². The van der Waals surface area contributed by atoms with E-state index in [0.717, 1.165) is 48.6 Å². The van der Waals surface area contributed by atoms with Gasteiger partial charge in [0.05, 0.1) is 6.10 Å². The van der Waals surface area contributed by atoms with Crippen molar-refractivity contribution in [2.75, 3.05) is 26.2 Å². The summed E-state index contributed by atoms with van der Waals surface area (Å²) in [6.45, 7) is 11.3. The molecule has 4 heteroatoms. The Morgan fingerprint density at radius 3 is 2.45 bits per heavy atom. The number of piperazine rings is 1. The van der Waals surface area contributed by atoms with Gasteiger partial charge in [-0.25, -0.2) is 0 Å². The first-order valence-electron chi connectivity index (χ1n) is 7.27. The molecule has 1 aromatic carbocycles. The first kappa shape index (κ1) is 14.9. The molecule has 0 bridgehead atoms. The summed E-state index contributed by atoms with van der Waals surface area (Å²) in [5.74, 6) is 0.998. The van der Waals surface area contributed by atoms with Crippen LogP contribution in [0.3, 0.4) is 0 Å². The van der Waals surface area contributed by atoms with Crippen LogP contribution in [0.15, 0.2) is 12.1 Å². The third-order valence-electron chi connectivity index (χ3n) is 3.73. The molecule has 2 rings (SSSR count). The summed E-state index contributed by atoms with van der Waals surface area (Å²) in [5, 5.41) is 3.26. The fourth-order valence-electron chi connectivity index (χ4n) is 2.45. The number of carbonyl (C=O) groups excluding carboxylic acids is 1. The number of ether oxygens (including phenoxy) is 1. The predicted molar refractivity (Wildman–Crippen MR) is 80.5 cm³/mol. The standard InChI is InChI=1S/C16H24N2O2/c1-11(2)20-15-6-5-14(12(3)13(15)4)16(19)18-9-7-17-8-10-18/h5-6,11,17H,7-10H2,1-4H3. The van der Waals surface area contributed by atoms with Gasteiger partial charge in [0.25, 0.3) is 5.91 Å².